The molecule has 1 amide bonds. The van der Waals surface area contributed by atoms with Crippen molar-refractivity contribution in [3.8, 4) is 0 Å². The van der Waals surface area contributed by atoms with Gasteiger partial charge in [0.2, 0.25) is 10.0 Å². The van der Waals surface area contributed by atoms with Crippen LogP contribution >= 0.6 is 15.9 Å². The number of nitrogens with zero attached hydrogens (tertiary/aromatic N) is 1. The molecule has 6 nitrogen and oxygen atoms in total. The van der Waals surface area contributed by atoms with Crippen LogP contribution in [-0.2, 0) is 17.1 Å². The molecule has 0 aliphatic carbocycles. The third-order valence-electron chi connectivity index (χ3n) is 2.98. The lowest BCUT2D eigenvalue weighted by Gasteiger charge is -2.10. The number of nitrogens with two attached hydrogens (primary N) is 1. The van der Waals surface area contributed by atoms with Crippen LogP contribution in [-0.4, -0.2) is 18.9 Å². The number of halogens is 1. The molecule has 0 spiro atoms. The molecule has 0 saturated heterocycles. The van der Waals surface area contributed by atoms with Gasteiger partial charge < -0.3 is 9.88 Å². The number of benzene rings is 1. The molecule has 0 aliphatic heterocycles. The fraction of sp³-hybridized carbons (Fsp3) is 0.154. The third-order valence-corrected chi connectivity index (χ3v) is 4.32. The Bertz CT molecular complexity index is 812. The van der Waals surface area contributed by atoms with Crippen LogP contribution in [0.3, 0.4) is 0 Å². The number of carbonyl (C=O) groups excluding carboxylic acids is 1. The standard InChI is InChI=1S/C13H14BrN3O3S/c1-8-5-10(21(15,19)20)3-4-11(8)16-13(18)12-6-9(14)7-17(12)2/h3-7H,1-2H3,(H,16,18)(H2,15,19,20). The molecular weight excluding hydrogens is 358 g/mol. The molecule has 2 rings (SSSR count). The Hall–Kier alpha value is -1.64. The number of anilines is 1. The van der Waals surface area contributed by atoms with Crippen molar-refractivity contribution in [2.45, 2.75) is 11.8 Å². The maximum Gasteiger partial charge on any atom is 0.272 e. The van der Waals surface area contributed by atoms with Crippen LogP contribution in [0.1, 0.15) is 16.1 Å². The second kappa shape index (κ2) is 5.63. The Balaban J connectivity index is 2.28. The summed E-state index contributed by atoms with van der Waals surface area (Å²) in [4.78, 5) is 12.2. The molecule has 21 heavy (non-hydrogen) atoms. The predicted molar refractivity (Wildman–Crippen MR) is 83.6 cm³/mol. The van der Waals surface area contributed by atoms with E-state index in [0.717, 1.165) is 4.47 Å². The van der Waals surface area contributed by atoms with Gasteiger partial charge in [0.15, 0.2) is 0 Å². The average Bonchev–Trinajstić information content (AvgIpc) is 2.69. The Kier molecular flexibility index (Phi) is 4.22. The molecule has 1 aromatic carbocycles. The molecule has 0 fully saturated rings. The maximum absolute atomic E-state index is 12.2. The van der Waals surface area contributed by atoms with Gasteiger partial charge in [0.1, 0.15) is 5.69 Å². The Morgan fingerprint density at radius 1 is 1.33 bits per heavy atom. The highest BCUT2D eigenvalue weighted by Gasteiger charge is 2.14. The molecule has 112 valence electrons. The minimum atomic E-state index is -3.75. The van der Waals surface area contributed by atoms with E-state index in [1.165, 1.54) is 18.2 Å². The molecule has 2 aromatic rings. The van der Waals surface area contributed by atoms with Gasteiger partial charge in [-0.25, -0.2) is 13.6 Å². The van der Waals surface area contributed by atoms with Gasteiger partial charge in [0, 0.05) is 23.4 Å². The fourth-order valence-corrected chi connectivity index (χ4v) is 3.01. The molecule has 0 radical (unpaired) electrons. The number of amides is 1. The van der Waals surface area contributed by atoms with Crippen molar-refractivity contribution in [3.05, 3.63) is 46.2 Å². The summed E-state index contributed by atoms with van der Waals surface area (Å²) in [6, 6.07) is 6.00. The van der Waals surface area contributed by atoms with E-state index in [9.17, 15) is 13.2 Å². The summed E-state index contributed by atoms with van der Waals surface area (Å²) >= 11 is 3.30. The summed E-state index contributed by atoms with van der Waals surface area (Å²) in [6.07, 6.45) is 1.77. The minimum absolute atomic E-state index is 0.0135. The largest absolute Gasteiger partial charge is 0.345 e. The Morgan fingerprint density at radius 2 is 2.00 bits per heavy atom. The molecule has 0 bridgehead atoms. The highest BCUT2D eigenvalue weighted by atomic mass is 79.9. The number of aryl methyl sites for hydroxylation is 2. The average molecular weight is 372 g/mol. The number of hydrogen-bond acceptors (Lipinski definition) is 3. The molecular formula is C13H14BrN3O3S. The lowest BCUT2D eigenvalue weighted by Crippen LogP contribution is -2.17. The van der Waals surface area contributed by atoms with Gasteiger partial charge in [-0.05, 0) is 52.7 Å². The van der Waals surface area contributed by atoms with Gasteiger partial charge in [-0.15, -0.1) is 0 Å². The first-order valence-electron chi connectivity index (χ1n) is 5.95. The summed E-state index contributed by atoms with van der Waals surface area (Å²) in [5, 5.41) is 7.81. The third kappa shape index (κ3) is 3.52. The van der Waals surface area contributed by atoms with Crippen LogP contribution in [0.4, 0.5) is 5.69 Å². The normalized spacial score (nSPS) is 11.4. The Labute approximate surface area is 131 Å². The van der Waals surface area contributed by atoms with Gasteiger partial charge in [-0.2, -0.15) is 0 Å². The van der Waals surface area contributed by atoms with E-state index in [1.54, 1.807) is 30.8 Å². The number of aromatic nitrogens is 1. The topological polar surface area (TPSA) is 94.2 Å². The monoisotopic (exact) mass is 371 g/mol. The zero-order valence-corrected chi connectivity index (χ0v) is 13.8. The van der Waals surface area contributed by atoms with Crippen molar-refractivity contribution in [1.29, 1.82) is 0 Å². The van der Waals surface area contributed by atoms with E-state index >= 15 is 0 Å². The number of hydrogen-bond donors (Lipinski definition) is 2. The van der Waals surface area contributed by atoms with E-state index in [1.807, 2.05) is 0 Å². The summed E-state index contributed by atoms with van der Waals surface area (Å²) in [5.74, 6) is -0.283. The highest BCUT2D eigenvalue weighted by Crippen LogP contribution is 2.21. The van der Waals surface area contributed by atoms with E-state index in [-0.39, 0.29) is 10.8 Å². The van der Waals surface area contributed by atoms with Crippen LogP contribution in [0.15, 0.2) is 39.8 Å². The van der Waals surface area contributed by atoms with Crippen molar-refractivity contribution >= 4 is 37.5 Å². The number of carbonyl (C=O) groups is 1. The number of rotatable bonds is 3. The predicted octanol–water partition coefficient (Wildman–Crippen LogP) is 2.00. The van der Waals surface area contributed by atoms with E-state index in [4.69, 9.17) is 5.14 Å². The second-order valence-electron chi connectivity index (χ2n) is 4.63. The van der Waals surface area contributed by atoms with Gasteiger partial charge >= 0.3 is 0 Å². The van der Waals surface area contributed by atoms with E-state index in [2.05, 4.69) is 21.2 Å². The SMILES string of the molecule is Cc1cc(S(N)(=O)=O)ccc1NC(=O)c1cc(Br)cn1C. The summed E-state index contributed by atoms with van der Waals surface area (Å²) < 4.78 is 25.0. The summed E-state index contributed by atoms with van der Waals surface area (Å²) in [5.41, 5.74) is 1.63. The molecule has 0 saturated carbocycles. The first-order valence-corrected chi connectivity index (χ1v) is 8.29. The van der Waals surface area contributed by atoms with Crippen LogP contribution in [0.25, 0.3) is 0 Å². The van der Waals surface area contributed by atoms with Crippen LogP contribution in [0, 0.1) is 6.92 Å². The van der Waals surface area contributed by atoms with Crippen molar-refractivity contribution in [1.82, 2.24) is 4.57 Å². The molecule has 1 heterocycles. The zero-order valence-electron chi connectivity index (χ0n) is 11.4. The minimum Gasteiger partial charge on any atom is -0.345 e. The Morgan fingerprint density at radius 3 is 2.48 bits per heavy atom. The highest BCUT2D eigenvalue weighted by molar-refractivity contribution is 9.10. The first kappa shape index (κ1) is 15.7. The second-order valence-corrected chi connectivity index (χ2v) is 7.11. The van der Waals surface area contributed by atoms with Gasteiger partial charge in [-0.1, -0.05) is 0 Å². The van der Waals surface area contributed by atoms with Crippen molar-refractivity contribution in [2.75, 3.05) is 5.32 Å². The molecule has 1 aromatic heterocycles. The van der Waals surface area contributed by atoms with Gasteiger partial charge in [0.05, 0.1) is 4.90 Å². The van der Waals surface area contributed by atoms with Gasteiger partial charge in [-0.3, -0.25) is 4.79 Å². The first-order chi connectivity index (χ1) is 9.68. The lowest BCUT2D eigenvalue weighted by atomic mass is 10.2. The summed E-state index contributed by atoms with van der Waals surface area (Å²) in [6.45, 7) is 1.70. The van der Waals surface area contributed by atoms with E-state index in [0.29, 0.717) is 16.9 Å². The van der Waals surface area contributed by atoms with Crippen LogP contribution in [0.2, 0.25) is 0 Å². The van der Waals surface area contributed by atoms with Crippen molar-refractivity contribution in [3.63, 3.8) is 0 Å². The smallest absolute Gasteiger partial charge is 0.272 e. The molecule has 8 heteroatoms. The molecule has 0 unspecified atom stereocenters. The molecule has 3 N–H and O–H groups in total. The molecule has 0 aliphatic rings. The van der Waals surface area contributed by atoms with Crippen molar-refractivity contribution in [2.24, 2.45) is 12.2 Å². The number of primary sulfonamides is 1. The number of sulfonamides is 1. The van der Waals surface area contributed by atoms with Crippen LogP contribution in [0.5, 0.6) is 0 Å². The summed E-state index contributed by atoms with van der Waals surface area (Å²) in [7, 11) is -1.99. The quantitative estimate of drug-likeness (QED) is 0.863. The van der Waals surface area contributed by atoms with Crippen molar-refractivity contribution < 1.29 is 13.2 Å². The van der Waals surface area contributed by atoms with Crippen LogP contribution < -0.4 is 10.5 Å². The van der Waals surface area contributed by atoms with E-state index < -0.39 is 10.0 Å². The fourth-order valence-electron chi connectivity index (χ4n) is 1.89. The molecule has 0 atom stereocenters. The number of nitrogens with one attached hydrogen (secondary N) is 1. The van der Waals surface area contributed by atoms with Gasteiger partial charge in [0.25, 0.3) is 5.91 Å². The zero-order chi connectivity index (χ0) is 15.8. The maximum atomic E-state index is 12.2. The lowest BCUT2D eigenvalue weighted by molar-refractivity contribution is 0.101.